The highest BCUT2D eigenvalue weighted by molar-refractivity contribution is 5.69. The molecule has 0 saturated carbocycles. The lowest BCUT2D eigenvalue weighted by atomic mass is 10.5. The number of carboxylic acids is 1. The van der Waals surface area contributed by atoms with Crippen molar-refractivity contribution in [3.63, 3.8) is 0 Å². The van der Waals surface area contributed by atoms with E-state index in [0.717, 1.165) is 6.67 Å². The minimum atomic E-state index is -0.787. The average Bonchev–Trinajstić information content (AvgIpc) is 1.88. The molecule has 5 nitrogen and oxygen atoms in total. The molecule has 5 heteroatoms. The van der Waals surface area contributed by atoms with Crippen molar-refractivity contribution in [2.24, 2.45) is 0 Å². The maximum Gasteiger partial charge on any atom is 0.317 e. The Hall–Kier alpha value is -0.650. The molecule has 1 aliphatic heterocycles. The summed E-state index contributed by atoms with van der Waals surface area (Å²) >= 11 is 0. The van der Waals surface area contributed by atoms with E-state index in [1.807, 2.05) is 0 Å². The normalized spacial score (nSPS) is 20.8. The fourth-order valence-corrected chi connectivity index (χ4v) is 0.875. The predicted molar refractivity (Wildman–Crippen MR) is 35.2 cm³/mol. The van der Waals surface area contributed by atoms with Crippen LogP contribution in [0, 0.1) is 0 Å². The van der Waals surface area contributed by atoms with Crippen LogP contribution in [0.4, 0.5) is 0 Å². The average molecular weight is 145 g/mol. The van der Waals surface area contributed by atoms with Gasteiger partial charge in [0.25, 0.3) is 0 Å². The highest BCUT2D eigenvalue weighted by atomic mass is 16.4. The van der Waals surface area contributed by atoms with Crippen LogP contribution in [0.2, 0.25) is 0 Å². The topological polar surface area (TPSA) is 64.6 Å². The third-order valence-electron chi connectivity index (χ3n) is 1.28. The molecule has 0 unspecified atom stereocenters. The number of nitrogens with one attached hydrogen (secondary N) is 2. The number of hydrogen-bond donors (Lipinski definition) is 3. The second kappa shape index (κ2) is 3.50. The molecular weight excluding hydrogens is 134 g/mol. The van der Waals surface area contributed by atoms with Gasteiger partial charge in [-0.25, -0.2) is 0 Å². The second-order valence-electron chi connectivity index (χ2n) is 2.22. The Balaban J connectivity index is 2.19. The first-order chi connectivity index (χ1) is 4.79. The molecule has 0 bridgehead atoms. The van der Waals surface area contributed by atoms with Crippen LogP contribution in [-0.2, 0) is 4.79 Å². The van der Waals surface area contributed by atoms with Crippen molar-refractivity contribution in [3.8, 4) is 0 Å². The molecule has 0 aromatic heterocycles. The zero-order valence-electron chi connectivity index (χ0n) is 5.63. The predicted octanol–water partition coefficient (Wildman–Crippen LogP) is -1.56. The molecule has 1 fully saturated rings. The standard InChI is InChI=1S/C5H11N3O2/c9-5(10)1-8-3-6-2-7-4-8/h6-7H,1-4H2,(H,9,10). The summed E-state index contributed by atoms with van der Waals surface area (Å²) in [5.41, 5.74) is 0. The van der Waals surface area contributed by atoms with E-state index in [4.69, 9.17) is 5.11 Å². The van der Waals surface area contributed by atoms with E-state index in [1.54, 1.807) is 4.90 Å². The fourth-order valence-electron chi connectivity index (χ4n) is 0.875. The molecule has 0 amide bonds. The lowest BCUT2D eigenvalue weighted by molar-refractivity contribution is -0.138. The molecule has 3 N–H and O–H groups in total. The first-order valence-corrected chi connectivity index (χ1v) is 3.14. The maximum absolute atomic E-state index is 10.2. The van der Waals surface area contributed by atoms with E-state index in [9.17, 15) is 4.79 Å². The molecule has 0 radical (unpaired) electrons. The zero-order valence-corrected chi connectivity index (χ0v) is 5.63. The Morgan fingerprint density at radius 2 is 2.10 bits per heavy atom. The molecule has 0 aromatic rings. The highest BCUT2D eigenvalue weighted by Crippen LogP contribution is 1.85. The van der Waals surface area contributed by atoms with Crippen LogP contribution in [0.1, 0.15) is 0 Å². The lowest BCUT2D eigenvalue weighted by Gasteiger charge is -2.26. The quantitative estimate of drug-likeness (QED) is 0.438. The van der Waals surface area contributed by atoms with E-state index < -0.39 is 5.97 Å². The van der Waals surface area contributed by atoms with E-state index >= 15 is 0 Å². The van der Waals surface area contributed by atoms with Crippen LogP contribution in [0.5, 0.6) is 0 Å². The Morgan fingerprint density at radius 1 is 1.50 bits per heavy atom. The van der Waals surface area contributed by atoms with Crippen molar-refractivity contribution in [3.05, 3.63) is 0 Å². The molecular formula is C5H11N3O2. The van der Waals surface area contributed by atoms with Crippen molar-refractivity contribution in [2.75, 3.05) is 26.6 Å². The van der Waals surface area contributed by atoms with Gasteiger partial charge in [0, 0.05) is 6.67 Å². The van der Waals surface area contributed by atoms with E-state index in [2.05, 4.69) is 10.6 Å². The SMILES string of the molecule is O=C(O)CN1CNCNC1. The molecule has 1 saturated heterocycles. The largest absolute Gasteiger partial charge is 0.480 e. The van der Waals surface area contributed by atoms with Crippen LogP contribution in [0.15, 0.2) is 0 Å². The Bertz CT molecular complexity index is 122. The van der Waals surface area contributed by atoms with E-state index in [1.165, 1.54) is 0 Å². The Kier molecular flexibility index (Phi) is 2.61. The molecule has 1 heterocycles. The maximum atomic E-state index is 10.2. The first kappa shape index (κ1) is 7.46. The summed E-state index contributed by atoms with van der Waals surface area (Å²) in [7, 11) is 0. The second-order valence-corrected chi connectivity index (χ2v) is 2.22. The van der Waals surface area contributed by atoms with Gasteiger partial charge in [-0.05, 0) is 0 Å². The minimum absolute atomic E-state index is 0.0972. The molecule has 58 valence electrons. The molecule has 10 heavy (non-hydrogen) atoms. The molecule has 1 rings (SSSR count). The van der Waals surface area contributed by atoms with Gasteiger partial charge < -0.3 is 5.11 Å². The van der Waals surface area contributed by atoms with Gasteiger partial charge in [-0.3, -0.25) is 20.3 Å². The van der Waals surface area contributed by atoms with E-state index in [-0.39, 0.29) is 6.54 Å². The molecule has 0 spiro atoms. The highest BCUT2D eigenvalue weighted by Gasteiger charge is 2.10. The Labute approximate surface area is 59.0 Å². The monoisotopic (exact) mass is 145 g/mol. The van der Waals surface area contributed by atoms with Gasteiger partial charge in [-0.1, -0.05) is 0 Å². The van der Waals surface area contributed by atoms with Crippen LogP contribution >= 0.6 is 0 Å². The lowest BCUT2D eigenvalue weighted by Crippen LogP contribution is -2.51. The van der Waals surface area contributed by atoms with Crippen molar-refractivity contribution in [1.82, 2.24) is 15.5 Å². The third kappa shape index (κ3) is 2.30. The summed E-state index contributed by atoms with van der Waals surface area (Å²) in [6.07, 6.45) is 0. The smallest absolute Gasteiger partial charge is 0.317 e. The van der Waals surface area contributed by atoms with Crippen LogP contribution in [0.3, 0.4) is 0 Å². The molecule has 0 aromatic carbocycles. The fraction of sp³-hybridized carbons (Fsp3) is 0.800. The molecule has 1 aliphatic rings. The van der Waals surface area contributed by atoms with Crippen LogP contribution < -0.4 is 10.6 Å². The van der Waals surface area contributed by atoms with Crippen LogP contribution in [0.25, 0.3) is 0 Å². The van der Waals surface area contributed by atoms with Crippen LogP contribution in [-0.4, -0.2) is 42.5 Å². The van der Waals surface area contributed by atoms with Gasteiger partial charge in [0.15, 0.2) is 0 Å². The van der Waals surface area contributed by atoms with Gasteiger partial charge >= 0.3 is 5.97 Å². The summed E-state index contributed by atoms with van der Waals surface area (Å²) in [4.78, 5) is 11.9. The van der Waals surface area contributed by atoms with Crippen molar-refractivity contribution in [2.45, 2.75) is 0 Å². The van der Waals surface area contributed by atoms with Crippen molar-refractivity contribution >= 4 is 5.97 Å². The summed E-state index contributed by atoms with van der Waals surface area (Å²) in [5.74, 6) is -0.787. The molecule has 0 aliphatic carbocycles. The van der Waals surface area contributed by atoms with Crippen molar-refractivity contribution in [1.29, 1.82) is 0 Å². The minimum Gasteiger partial charge on any atom is -0.480 e. The number of nitrogens with zero attached hydrogens (tertiary/aromatic N) is 1. The van der Waals surface area contributed by atoms with Crippen molar-refractivity contribution < 1.29 is 9.90 Å². The van der Waals surface area contributed by atoms with Gasteiger partial charge in [0.2, 0.25) is 0 Å². The number of rotatable bonds is 2. The van der Waals surface area contributed by atoms with Gasteiger partial charge in [0.05, 0.1) is 19.9 Å². The summed E-state index contributed by atoms with van der Waals surface area (Å²) in [6.45, 7) is 2.16. The number of carboxylic acid groups (broad SMARTS) is 1. The van der Waals surface area contributed by atoms with E-state index in [0.29, 0.717) is 13.3 Å². The van der Waals surface area contributed by atoms with Gasteiger partial charge in [-0.15, -0.1) is 0 Å². The summed E-state index contributed by atoms with van der Waals surface area (Å²) in [5, 5.41) is 14.4. The number of carbonyl (C=O) groups is 1. The Morgan fingerprint density at radius 3 is 2.60 bits per heavy atom. The van der Waals surface area contributed by atoms with Gasteiger partial charge in [0.1, 0.15) is 0 Å². The number of aliphatic carboxylic acids is 1. The van der Waals surface area contributed by atoms with Gasteiger partial charge in [-0.2, -0.15) is 0 Å². The summed E-state index contributed by atoms with van der Waals surface area (Å²) in [6, 6.07) is 0. The zero-order chi connectivity index (χ0) is 7.40. The number of hydrogen-bond acceptors (Lipinski definition) is 4. The molecule has 0 atom stereocenters. The third-order valence-corrected chi connectivity index (χ3v) is 1.28. The first-order valence-electron chi connectivity index (χ1n) is 3.14. The summed E-state index contributed by atoms with van der Waals surface area (Å²) < 4.78 is 0.